The molecule has 2 aromatic carbocycles. The average Bonchev–Trinajstić information content (AvgIpc) is 3.41. The number of aromatic nitrogens is 5. The van der Waals surface area contributed by atoms with Gasteiger partial charge in [0.25, 0.3) is 5.91 Å². The highest BCUT2D eigenvalue weighted by molar-refractivity contribution is 5.99. The van der Waals surface area contributed by atoms with Gasteiger partial charge in [-0.1, -0.05) is 17.3 Å². The minimum absolute atomic E-state index is 0.0197. The van der Waals surface area contributed by atoms with E-state index >= 15 is 0 Å². The van der Waals surface area contributed by atoms with Crippen molar-refractivity contribution in [1.82, 2.24) is 30.7 Å². The van der Waals surface area contributed by atoms with E-state index in [-0.39, 0.29) is 28.6 Å². The lowest BCUT2D eigenvalue weighted by molar-refractivity contribution is 0.0950. The number of hydrazone groups is 1. The van der Waals surface area contributed by atoms with Crippen molar-refractivity contribution in [3.8, 4) is 22.8 Å². The smallest absolute Gasteiger partial charge is 0.294 e. The van der Waals surface area contributed by atoms with E-state index in [0.29, 0.717) is 17.4 Å². The summed E-state index contributed by atoms with van der Waals surface area (Å²) in [6, 6.07) is 9.69. The van der Waals surface area contributed by atoms with Crippen LogP contribution in [-0.4, -0.2) is 44.5 Å². The fourth-order valence-electron chi connectivity index (χ4n) is 2.77. The van der Waals surface area contributed by atoms with Gasteiger partial charge < -0.3 is 10.5 Å². The van der Waals surface area contributed by atoms with E-state index in [2.05, 4.69) is 35.8 Å². The molecule has 0 bridgehead atoms. The first-order chi connectivity index (χ1) is 15.5. The van der Waals surface area contributed by atoms with E-state index in [1.807, 2.05) is 0 Å². The Bertz CT molecular complexity index is 1320. The molecule has 4 rings (SSSR count). The zero-order chi connectivity index (χ0) is 22.7. The maximum Gasteiger partial charge on any atom is 0.294 e. The highest BCUT2D eigenvalue weighted by Gasteiger charge is 2.25. The van der Waals surface area contributed by atoms with E-state index in [1.54, 1.807) is 24.3 Å². The first-order valence-corrected chi connectivity index (χ1v) is 8.95. The lowest BCUT2D eigenvalue weighted by atomic mass is 10.1. The highest BCUT2D eigenvalue weighted by Crippen LogP contribution is 2.28. The molecule has 13 heteroatoms. The summed E-state index contributed by atoms with van der Waals surface area (Å²) in [6.45, 7) is 0. The molecule has 0 saturated carbocycles. The maximum atomic E-state index is 13.7. The monoisotopic (exact) mass is 440 g/mol. The molecule has 0 aliphatic carbocycles. The van der Waals surface area contributed by atoms with Crippen LogP contribution in [0.4, 0.5) is 14.6 Å². The number of nitrogen functional groups attached to an aromatic ring is 1. The Labute approximate surface area is 178 Å². The number of nitrogens with two attached hydrogens (primary N) is 1. The van der Waals surface area contributed by atoms with Crippen LogP contribution >= 0.6 is 0 Å². The first-order valence-electron chi connectivity index (χ1n) is 8.95. The quantitative estimate of drug-likeness (QED) is 0.342. The van der Waals surface area contributed by atoms with Gasteiger partial charge >= 0.3 is 0 Å². The minimum Gasteiger partial charge on any atom is -0.497 e. The van der Waals surface area contributed by atoms with Crippen molar-refractivity contribution < 1.29 is 22.9 Å². The maximum absolute atomic E-state index is 13.7. The number of rotatable bonds is 6. The van der Waals surface area contributed by atoms with Crippen LogP contribution in [-0.2, 0) is 0 Å². The molecular formula is C19H14F2N8O3. The van der Waals surface area contributed by atoms with E-state index in [4.69, 9.17) is 10.5 Å². The van der Waals surface area contributed by atoms with Gasteiger partial charge in [-0.15, -0.1) is 5.10 Å². The van der Waals surface area contributed by atoms with Gasteiger partial charge in [0.15, 0.2) is 5.69 Å². The first kappa shape index (κ1) is 20.6. The lowest BCUT2D eigenvalue weighted by Gasteiger charge is -2.07. The standard InChI is InChI=1S/C19H14F2N8O3/c1-31-13-4-2-3-10(7-13)16-15(24-28-29(16)18-17(22)26-32-27-18)19(30)25-23-9-11-5-6-12(20)8-14(11)21/h2-9H,1H3,(H2,22,26)(H,25,30). The molecule has 0 aliphatic rings. The van der Waals surface area contributed by atoms with E-state index in [9.17, 15) is 13.6 Å². The molecule has 0 spiro atoms. The fraction of sp³-hybridized carbons (Fsp3) is 0.0526. The normalized spacial score (nSPS) is 11.1. The summed E-state index contributed by atoms with van der Waals surface area (Å²) in [5.74, 6) is -1.87. The summed E-state index contributed by atoms with van der Waals surface area (Å²) < 4.78 is 37.8. The number of benzene rings is 2. The van der Waals surface area contributed by atoms with Crippen molar-refractivity contribution >= 4 is 17.9 Å². The van der Waals surface area contributed by atoms with Gasteiger partial charge in [-0.25, -0.2) is 18.8 Å². The third-order valence-electron chi connectivity index (χ3n) is 4.26. The Hall–Kier alpha value is -4.68. The molecule has 0 atom stereocenters. The molecule has 3 N–H and O–H groups in total. The summed E-state index contributed by atoms with van der Waals surface area (Å²) >= 11 is 0. The second-order valence-corrected chi connectivity index (χ2v) is 6.27. The zero-order valence-electron chi connectivity index (χ0n) is 16.4. The molecule has 0 radical (unpaired) electrons. The summed E-state index contributed by atoms with van der Waals surface area (Å²) in [5.41, 5.74) is 8.53. The second kappa shape index (κ2) is 8.59. The van der Waals surface area contributed by atoms with Gasteiger partial charge in [0.2, 0.25) is 11.6 Å². The molecule has 11 nitrogen and oxygen atoms in total. The molecule has 162 valence electrons. The van der Waals surface area contributed by atoms with Crippen LogP contribution < -0.4 is 15.9 Å². The van der Waals surface area contributed by atoms with Crippen molar-refractivity contribution in [2.45, 2.75) is 0 Å². The number of ether oxygens (including phenoxy) is 1. The molecule has 0 saturated heterocycles. The summed E-state index contributed by atoms with van der Waals surface area (Å²) in [7, 11) is 1.49. The molecule has 2 aromatic heterocycles. The number of carbonyl (C=O) groups is 1. The predicted molar refractivity (Wildman–Crippen MR) is 107 cm³/mol. The Balaban J connectivity index is 1.70. The topological polar surface area (TPSA) is 146 Å². The largest absolute Gasteiger partial charge is 0.497 e. The Morgan fingerprint density at radius 2 is 2.09 bits per heavy atom. The van der Waals surface area contributed by atoms with Crippen molar-refractivity contribution in [2.75, 3.05) is 12.8 Å². The average molecular weight is 440 g/mol. The minimum atomic E-state index is -0.833. The van der Waals surface area contributed by atoms with Gasteiger partial charge in [0, 0.05) is 17.2 Å². The number of carbonyl (C=O) groups excluding carboxylic acids is 1. The number of hydrogen-bond acceptors (Lipinski definition) is 9. The Morgan fingerprint density at radius 1 is 1.25 bits per heavy atom. The number of halogens is 2. The molecule has 0 fully saturated rings. The Morgan fingerprint density at radius 3 is 2.81 bits per heavy atom. The third kappa shape index (κ3) is 3.98. The highest BCUT2D eigenvalue weighted by atomic mass is 19.1. The van der Waals surface area contributed by atoms with Gasteiger partial charge in [0.05, 0.1) is 13.3 Å². The van der Waals surface area contributed by atoms with E-state index < -0.39 is 17.5 Å². The molecular weight excluding hydrogens is 426 g/mol. The van der Waals surface area contributed by atoms with Crippen LogP contribution in [0.1, 0.15) is 16.1 Å². The number of methoxy groups -OCH3 is 1. The van der Waals surface area contributed by atoms with Crippen molar-refractivity contribution in [1.29, 1.82) is 0 Å². The lowest BCUT2D eigenvalue weighted by Crippen LogP contribution is -2.19. The zero-order valence-corrected chi connectivity index (χ0v) is 16.4. The SMILES string of the molecule is COc1cccc(-c2c(C(=O)NN=Cc3ccc(F)cc3F)nnn2-c2nonc2N)c1. The van der Waals surface area contributed by atoms with Crippen LogP contribution in [0.5, 0.6) is 5.75 Å². The van der Waals surface area contributed by atoms with Crippen molar-refractivity contribution in [3.63, 3.8) is 0 Å². The predicted octanol–water partition coefficient (Wildman–Crippen LogP) is 1.95. The molecule has 4 aromatic rings. The molecule has 1 amide bonds. The molecule has 2 heterocycles. The van der Waals surface area contributed by atoms with Crippen LogP contribution in [0.3, 0.4) is 0 Å². The summed E-state index contributed by atoms with van der Waals surface area (Å²) in [4.78, 5) is 12.8. The van der Waals surface area contributed by atoms with Gasteiger partial charge in [-0.05, 0) is 34.6 Å². The number of anilines is 1. The molecule has 32 heavy (non-hydrogen) atoms. The van der Waals surface area contributed by atoms with E-state index in [0.717, 1.165) is 12.3 Å². The number of amides is 1. The van der Waals surface area contributed by atoms with Crippen LogP contribution in [0.15, 0.2) is 52.2 Å². The Kier molecular flexibility index (Phi) is 5.53. The third-order valence-corrected chi connectivity index (χ3v) is 4.26. The van der Waals surface area contributed by atoms with Gasteiger partial charge in [-0.2, -0.15) is 9.78 Å². The van der Waals surface area contributed by atoms with Crippen LogP contribution in [0.2, 0.25) is 0 Å². The van der Waals surface area contributed by atoms with Gasteiger partial charge in [0.1, 0.15) is 23.1 Å². The molecule has 0 aliphatic heterocycles. The second-order valence-electron chi connectivity index (χ2n) is 6.27. The fourth-order valence-corrected chi connectivity index (χ4v) is 2.77. The summed E-state index contributed by atoms with van der Waals surface area (Å²) in [5, 5.41) is 18.7. The van der Waals surface area contributed by atoms with E-state index in [1.165, 1.54) is 17.9 Å². The molecule has 0 unspecified atom stereocenters. The van der Waals surface area contributed by atoms with Crippen LogP contribution in [0.25, 0.3) is 17.1 Å². The van der Waals surface area contributed by atoms with Crippen molar-refractivity contribution in [3.05, 3.63) is 65.4 Å². The number of nitrogens with zero attached hydrogens (tertiary/aromatic N) is 6. The van der Waals surface area contributed by atoms with Gasteiger partial charge in [-0.3, -0.25) is 4.79 Å². The van der Waals surface area contributed by atoms with Crippen molar-refractivity contribution in [2.24, 2.45) is 5.10 Å². The number of nitrogens with one attached hydrogen (secondary N) is 1. The summed E-state index contributed by atoms with van der Waals surface area (Å²) in [6.07, 6.45) is 1.03. The number of hydrogen-bond donors (Lipinski definition) is 2. The van der Waals surface area contributed by atoms with Crippen LogP contribution in [0, 0.1) is 11.6 Å².